The second-order valence-corrected chi connectivity index (χ2v) is 5.39. The summed E-state index contributed by atoms with van der Waals surface area (Å²) in [5, 5.41) is 13.7. The Balaban J connectivity index is 0.00000117. The molecular weight excluding hydrogens is 326 g/mol. The highest BCUT2D eigenvalue weighted by molar-refractivity contribution is 6.19. The number of fused-ring (bicyclic) bond motifs is 1. The van der Waals surface area contributed by atoms with Crippen LogP contribution in [-0.2, 0) is 11.4 Å². The normalized spacial score (nSPS) is 11.0. The maximum Gasteiger partial charge on any atom is 0.141 e. The van der Waals surface area contributed by atoms with Crippen molar-refractivity contribution in [3.63, 3.8) is 0 Å². The summed E-state index contributed by atoms with van der Waals surface area (Å²) < 4.78 is 0. The van der Waals surface area contributed by atoms with Gasteiger partial charge in [0.05, 0.1) is 30.2 Å². The molecule has 0 aliphatic rings. The van der Waals surface area contributed by atoms with Crippen molar-refractivity contribution >= 4 is 28.6 Å². The number of carbonyl (C=O) groups excluding carboxylic acids is 1. The van der Waals surface area contributed by atoms with E-state index in [1.807, 2.05) is 69.4 Å². The van der Waals surface area contributed by atoms with E-state index in [1.165, 1.54) is 0 Å². The number of nitrogens with zero attached hydrogens (tertiary/aromatic N) is 1. The van der Waals surface area contributed by atoms with Crippen molar-refractivity contribution in [2.24, 2.45) is 4.99 Å². The SMILES string of the molecule is CC.CNc1c(C(=NCC=O)c2cccc(CO)c2)[nH]c2ccccc12. The van der Waals surface area contributed by atoms with Crippen LogP contribution in [-0.4, -0.2) is 35.7 Å². The molecule has 26 heavy (non-hydrogen) atoms. The van der Waals surface area contributed by atoms with Crippen LogP contribution in [0.1, 0.15) is 30.7 Å². The van der Waals surface area contributed by atoms with Gasteiger partial charge >= 0.3 is 0 Å². The van der Waals surface area contributed by atoms with E-state index in [-0.39, 0.29) is 13.2 Å². The monoisotopic (exact) mass is 351 g/mol. The summed E-state index contributed by atoms with van der Waals surface area (Å²) in [4.78, 5) is 18.7. The average molecular weight is 351 g/mol. The lowest BCUT2D eigenvalue weighted by molar-refractivity contribution is -0.106. The van der Waals surface area contributed by atoms with E-state index in [0.29, 0.717) is 5.71 Å². The van der Waals surface area contributed by atoms with Crippen molar-refractivity contribution in [1.29, 1.82) is 0 Å². The summed E-state index contributed by atoms with van der Waals surface area (Å²) >= 11 is 0. The molecule has 0 bridgehead atoms. The number of aliphatic imine (C=N–C) groups is 1. The third-order valence-electron chi connectivity index (χ3n) is 3.90. The molecule has 0 aliphatic heterocycles. The first-order valence-corrected chi connectivity index (χ1v) is 8.75. The summed E-state index contributed by atoms with van der Waals surface area (Å²) in [7, 11) is 1.86. The van der Waals surface area contributed by atoms with Crippen LogP contribution >= 0.6 is 0 Å². The Morgan fingerprint density at radius 2 is 1.96 bits per heavy atom. The van der Waals surface area contributed by atoms with E-state index in [2.05, 4.69) is 15.3 Å². The van der Waals surface area contributed by atoms with E-state index in [1.54, 1.807) is 0 Å². The van der Waals surface area contributed by atoms with Gasteiger partial charge in [-0.3, -0.25) is 4.99 Å². The van der Waals surface area contributed by atoms with Gasteiger partial charge < -0.3 is 20.2 Å². The number of nitrogens with one attached hydrogen (secondary N) is 2. The van der Waals surface area contributed by atoms with E-state index < -0.39 is 0 Å². The molecule has 0 atom stereocenters. The Morgan fingerprint density at radius 3 is 2.65 bits per heavy atom. The molecule has 136 valence electrons. The van der Waals surface area contributed by atoms with Crippen LogP contribution in [0.3, 0.4) is 0 Å². The highest BCUT2D eigenvalue weighted by Crippen LogP contribution is 2.29. The maximum absolute atomic E-state index is 10.8. The van der Waals surface area contributed by atoms with Crippen molar-refractivity contribution in [2.75, 3.05) is 18.9 Å². The molecule has 0 unspecified atom stereocenters. The Morgan fingerprint density at radius 1 is 1.19 bits per heavy atom. The van der Waals surface area contributed by atoms with Crippen LogP contribution in [0.5, 0.6) is 0 Å². The molecule has 3 rings (SSSR count). The van der Waals surface area contributed by atoms with E-state index in [0.717, 1.165) is 39.7 Å². The number of aliphatic hydroxyl groups excluding tert-OH is 1. The predicted molar refractivity (Wildman–Crippen MR) is 108 cm³/mol. The average Bonchev–Trinajstić information content (AvgIpc) is 3.08. The molecule has 5 nitrogen and oxygen atoms in total. The molecule has 0 aliphatic carbocycles. The number of rotatable bonds is 6. The number of aromatic nitrogens is 1. The Bertz CT molecular complexity index is 897. The van der Waals surface area contributed by atoms with E-state index in [9.17, 15) is 9.90 Å². The predicted octanol–water partition coefficient (Wildman–Crippen LogP) is 3.76. The van der Waals surface area contributed by atoms with Gasteiger partial charge in [0.15, 0.2) is 0 Å². The van der Waals surface area contributed by atoms with Crippen LogP contribution in [0, 0.1) is 0 Å². The molecule has 0 fully saturated rings. The smallest absolute Gasteiger partial charge is 0.141 e. The Kier molecular flexibility index (Phi) is 7.12. The molecule has 0 saturated heterocycles. The standard InChI is InChI=1S/C19H19N3O2.C2H6/c1-20-18-15-7-2-3-8-16(15)22-19(18)17(21-9-10-23)14-6-4-5-13(11-14)12-24;1-2/h2-8,10-11,20,22,24H,9,12H2,1H3;1-2H3. The van der Waals surface area contributed by atoms with Gasteiger partial charge in [-0.15, -0.1) is 0 Å². The van der Waals surface area contributed by atoms with Crippen LogP contribution in [0.2, 0.25) is 0 Å². The third-order valence-corrected chi connectivity index (χ3v) is 3.90. The Labute approximate surface area is 153 Å². The number of aldehydes is 1. The topological polar surface area (TPSA) is 77.5 Å². The zero-order valence-electron chi connectivity index (χ0n) is 15.4. The molecule has 0 radical (unpaired) electrons. The fourth-order valence-corrected chi connectivity index (χ4v) is 2.84. The fraction of sp³-hybridized carbons (Fsp3) is 0.238. The lowest BCUT2D eigenvalue weighted by Gasteiger charge is -2.09. The lowest BCUT2D eigenvalue weighted by atomic mass is 10.0. The van der Waals surface area contributed by atoms with Crippen molar-refractivity contribution in [3.05, 3.63) is 65.4 Å². The minimum Gasteiger partial charge on any atom is -0.392 e. The molecule has 0 amide bonds. The van der Waals surface area contributed by atoms with Gasteiger partial charge in [0.1, 0.15) is 6.29 Å². The molecule has 1 aromatic heterocycles. The lowest BCUT2D eigenvalue weighted by Crippen LogP contribution is -2.09. The quantitative estimate of drug-likeness (QED) is 0.467. The molecule has 1 heterocycles. The molecule has 3 N–H and O–H groups in total. The van der Waals surface area contributed by atoms with Gasteiger partial charge in [-0.1, -0.05) is 50.2 Å². The van der Waals surface area contributed by atoms with Crippen LogP contribution in [0.15, 0.2) is 53.5 Å². The number of carbonyl (C=O) groups is 1. The van der Waals surface area contributed by atoms with E-state index >= 15 is 0 Å². The number of aromatic amines is 1. The van der Waals surface area contributed by atoms with Crippen molar-refractivity contribution in [2.45, 2.75) is 20.5 Å². The fourth-order valence-electron chi connectivity index (χ4n) is 2.84. The van der Waals surface area contributed by atoms with Crippen molar-refractivity contribution < 1.29 is 9.90 Å². The first-order chi connectivity index (χ1) is 12.8. The maximum atomic E-state index is 10.8. The van der Waals surface area contributed by atoms with Gasteiger partial charge in [-0.05, 0) is 17.7 Å². The molecule has 0 spiro atoms. The van der Waals surface area contributed by atoms with Crippen LogP contribution in [0.25, 0.3) is 10.9 Å². The summed E-state index contributed by atoms with van der Waals surface area (Å²) in [6, 6.07) is 15.5. The summed E-state index contributed by atoms with van der Waals surface area (Å²) in [5.41, 5.74) is 5.10. The van der Waals surface area contributed by atoms with Gasteiger partial charge in [-0.25, -0.2) is 0 Å². The second-order valence-electron chi connectivity index (χ2n) is 5.39. The molecule has 2 aromatic carbocycles. The number of hydrogen-bond acceptors (Lipinski definition) is 4. The molecule has 5 heteroatoms. The van der Waals surface area contributed by atoms with Gasteiger partial charge in [0.2, 0.25) is 0 Å². The second kappa shape index (κ2) is 9.53. The molecular formula is C21H25N3O2. The Hall–Kier alpha value is -2.92. The highest BCUT2D eigenvalue weighted by Gasteiger charge is 2.17. The number of benzene rings is 2. The minimum atomic E-state index is -0.0413. The van der Waals surface area contributed by atoms with E-state index in [4.69, 9.17) is 0 Å². The highest BCUT2D eigenvalue weighted by atomic mass is 16.3. The number of para-hydroxylation sites is 1. The summed E-state index contributed by atoms with van der Waals surface area (Å²) in [5.74, 6) is 0. The van der Waals surface area contributed by atoms with Crippen molar-refractivity contribution in [3.8, 4) is 0 Å². The summed E-state index contributed by atoms with van der Waals surface area (Å²) in [6.07, 6.45) is 0.775. The van der Waals surface area contributed by atoms with Gasteiger partial charge in [-0.2, -0.15) is 0 Å². The zero-order valence-corrected chi connectivity index (χ0v) is 15.4. The number of anilines is 1. The minimum absolute atomic E-state index is 0.0413. The number of hydrogen-bond donors (Lipinski definition) is 3. The largest absolute Gasteiger partial charge is 0.392 e. The van der Waals surface area contributed by atoms with Gasteiger partial charge in [0, 0.05) is 23.5 Å². The first kappa shape index (κ1) is 19.4. The summed E-state index contributed by atoms with van der Waals surface area (Å²) in [6.45, 7) is 4.04. The molecule has 0 saturated carbocycles. The van der Waals surface area contributed by atoms with Crippen LogP contribution < -0.4 is 5.32 Å². The number of H-pyrrole nitrogens is 1. The number of aliphatic hydroxyl groups is 1. The zero-order chi connectivity index (χ0) is 18.9. The van der Waals surface area contributed by atoms with Crippen LogP contribution in [0.4, 0.5) is 5.69 Å². The van der Waals surface area contributed by atoms with Crippen molar-refractivity contribution in [1.82, 2.24) is 4.98 Å². The first-order valence-electron chi connectivity index (χ1n) is 8.75. The van der Waals surface area contributed by atoms with Gasteiger partial charge in [0.25, 0.3) is 0 Å². The third kappa shape index (κ3) is 4.00. The molecule has 3 aromatic rings.